The second-order valence-electron chi connectivity index (χ2n) is 5.97. The van der Waals surface area contributed by atoms with Gasteiger partial charge in [0.2, 0.25) is 0 Å². The van der Waals surface area contributed by atoms with Crippen LogP contribution in [0.3, 0.4) is 0 Å². The minimum Gasteiger partial charge on any atom is -0.399 e. The molecule has 26 heavy (non-hydrogen) atoms. The summed E-state index contributed by atoms with van der Waals surface area (Å²) in [5, 5.41) is 2.87. The largest absolute Gasteiger partial charge is 0.399 e. The van der Waals surface area contributed by atoms with Gasteiger partial charge in [-0.3, -0.25) is 9.78 Å². The lowest BCUT2D eigenvalue weighted by Gasteiger charge is -2.06. The number of fused-ring (bicyclic) bond motifs is 1. The molecular weight excluding hydrogens is 326 g/mol. The molecule has 6 heteroatoms. The minimum absolute atomic E-state index is 0.205. The highest BCUT2D eigenvalue weighted by Gasteiger charge is 2.09. The molecule has 2 aromatic carbocycles. The van der Waals surface area contributed by atoms with Gasteiger partial charge >= 0.3 is 0 Å². The number of benzene rings is 2. The Morgan fingerprint density at radius 3 is 2.77 bits per heavy atom. The first kappa shape index (κ1) is 15.8. The number of nitrogen functional groups attached to an aromatic ring is 1. The lowest BCUT2D eigenvalue weighted by atomic mass is 10.1. The Morgan fingerprint density at radius 2 is 1.92 bits per heavy atom. The number of H-pyrrole nitrogens is 1. The summed E-state index contributed by atoms with van der Waals surface area (Å²) in [6.45, 7) is 0.316. The molecule has 2 aromatic heterocycles. The Hall–Kier alpha value is -3.67. The molecule has 0 saturated carbocycles. The third-order valence-electron chi connectivity index (χ3n) is 4.08. The highest BCUT2D eigenvalue weighted by Crippen LogP contribution is 2.21. The molecule has 128 valence electrons. The van der Waals surface area contributed by atoms with E-state index < -0.39 is 0 Å². The number of aromatic nitrogens is 3. The number of rotatable bonds is 4. The van der Waals surface area contributed by atoms with Crippen molar-refractivity contribution in [2.24, 2.45) is 0 Å². The van der Waals surface area contributed by atoms with Crippen molar-refractivity contribution < 1.29 is 4.79 Å². The van der Waals surface area contributed by atoms with Crippen molar-refractivity contribution in [3.63, 3.8) is 0 Å². The third kappa shape index (κ3) is 3.25. The fourth-order valence-electron chi connectivity index (χ4n) is 2.80. The Balaban J connectivity index is 1.50. The maximum Gasteiger partial charge on any atom is 0.253 e. The quantitative estimate of drug-likeness (QED) is 0.496. The van der Waals surface area contributed by atoms with Gasteiger partial charge in [-0.1, -0.05) is 24.3 Å². The lowest BCUT2D eigenvalue weighted by Crippen LogP contribution is -2.23. The minimum atomic E-state index is -0.205. The number of para-hydroxylation sites is 2. The fraction of sp³-hybridized carbons (Fsp3) is 0.0500. The molecule has 0 aliphatic rings. The van der Waals surface area contributed by atoms with Gasteiger partial charge in [-0.2, -0.15) is 0 Å². The molecule has 4 rings (SSSR count). The van der Waals surface area contributed by atoms with E-state index in [9.17, 15) is 4.79 Å². The summed E-state index contributed by atoms with van der Waals surface area (Å²) in [6.07, 6.45) is 3.26. The van der Waals surface area contributed by atoms with Gasteiger partial charge in [-0.05, 0) is 35.9 Å². The summed E-state index contributed by atoms with van der Waals surface area (Å²) in [7, 11) is 0. The SMILES string of the molecule is Nc1cccc(-c2cncc(C(=O)NCc3nc4ccccc4[nH]3)c2)c1. The van der Waals surface area contributed by atoms with Crippen molar-refractivity contribution in [2.45, 2.75) is 6.54 Å². The van der Waals surface area contributed by atoms with Gasteiger partial charge in [0.1, 0.15) is 5.82 Å². The Kier molecular flexibility index (Phi) is 4.07. The van der Waals surface area contributed by atoms with Gasteiger partial charge in [-0.25, -0.2) is 4.98 Å². The van der Waals surface area contributed by atoms with E-state index >= 15 is 0 Å². The maximum atomic E-state index is 12.5. The van der Waals surface area contributed by atoms with Crippen molar-refractivity contribution >= 4 is 22.6 Å². The number of carbonyl (C=O) groups excluding carboxylic acids is 1. The normalized spacial score (nSPS) is 10.8. The van der Waals surface area contributed by atoms with Crippen molar-refractivity contribution in [3.8, 4) is 11.1 Å². The Bertz CT molecular complexity index is 1050. The molecule has 4 aromatic rings. The highest BCUT2D eigenvalue weighted by molar-refractivity contribution is 5.95. The number of nitrogens with two attached hydrogens (primary N) is 1. The first-order valence-corrected chi connectivity index (χ1v) is 8.22. The second kappa shape index (κ2) is 6.68. The van der Waals surface area contributed by atoms with Gasteiger partial charge in [0, 0.05) is 23.6 Å². The molecule has 0 aliphatic carbocycles. The van der Waals surface area contributed by atoms with Crippen LogP contribution in [0, 0.1) is 0 Å². The Morgan fingerprint density at radius 1 is 1.04 bits per heavy atom. The van der Waals surface area contributed by atoms with Crippen LogP contribution in [0.5, 0.6) is 0 Å². The van der Waals surface area contributed by atoms with E-state index in [1.54, 1.807) is 18.5 Å². The van der Waals surface area contributed by atoms with Crippen LogP contribution in [0.1, 0.15) is 16.2 Å². The first-order valence-electron chi connectivity index (χ1n) is 8.22. The van der Waals surface area contributed by atoms with E-state index in [1.807, 2.05) is 48.5 Å². The molecule has 0 spiro atoms. The molecule has 4 N–H and O–H groups in total. The number of pyridine rings is 1. The monoisotopic (exact) mass is 343 g/mol. The predicted molar refractivity (Wildman–Crippen MR) is 101 cm³/mol. The van der Waals surface area contributed by atoms with Crippen LogP contribution >= 0.6 is 0 Å². The number of nitrogens with one attached hydrogen (secondary N) is 2. The van der Waals surface area contributed by atoms with Crippen molar-refractivity contribution in [2.75, 3.05) is 5.73 Å². The number of anilines is 1. The number of carbonyl (C=O) groups is 1. The standard InChI is InChI=1S/C20H17N5O/c21-16-5-3-4-13(9-16)14-8-15(11-22-10-14)20(26)23-12-19-24-17-6-1-2-7-18(17)25-19/h1-11H,12,21H2,(H,23,26)(H,24,25). The zero-order valence-electron chi connectivity index (χ0n) is 13.9. The van der Waals surface area contributed by atoms with E-state index in [1.165, 1.54) is 0 Å². The summed E-state index contributed by atoms with van der Waals surface area (Å²) in [5.74, 6) is 0.503. The average Bonchev–Trinajstić information content (AvgIpc) is 3.09. The van der Waals surface area contributed by atoms with Crippen LogP contribution in [0.25, 0.3) is 22.2 Å². The summed E-state index contributed by atoms with van der Waals surface area (Å²) in [6, 6.07) is 17.0. The van der Waals surface area contributed by atoms with Gasteiger partial charge < -0.3 is 16.0 Å². The summed E-state index contributed by atoms with van der Waals surface area (Å²) in [5.41, 5.74) is 10.6. The van der Waals surface area contributed by atoms with Gasteiger partial charge in [0.05, 0.1) is 23.1 Å². The summed E-state index contributed by atoms with van der Waals surface area (Å²) < 4.78 is 0. The predicted octanol–water partition coefficient (Wildman–Crippen LogP) is 3.14. The van der Waals surface area contributed by atoms with E-state index in [0.29, 0.717) is 23.6 Å². The molecule has 1 amide bonds. The topological polar surface area (TPSA) is 96.7 Å². The molecule has 0 bridgehead atoms. The zero-order valence-corrected chi connectivity index (χ0v) is 13.9. The van der Waals surface area contributed by atoms with Crippen LogP contribution in [0.4, 0.5) is 5.69 Å². The molecule has 6 nitrogen and oxygen atoms in total. The molecule has 0 aliphatic heterocycles. The fourth-order valence-corrected chi connectivity index (χ4v) is 2.80. The van der Waals surface area contributed by atoms with Crippen molar-refractivity contribution in [1.82, 2.24) is 20.3 Å². The smallest absolute Gasteiger partial charge is 0.253 e. The zero-order chi connectivity index (χ0) is 17.9. The number of hydrogen-bond donors (Lipinski definition) is 3. The summed E-state index contributed by atoms with van der Waals surface area (Å²) >= 11 is 0. The molecule has 0 unspecified atom stereocenters. The highest BCUT2D eigenvalue weighted by atomic mass is 16.1. The third-order valence-corrected chi connectivity index (χ3v) is 4.08. The molecule has 0 fully saturated rings. The molecule has 2 heterocycles. The number of aromatic amines is 1. The van der Waals surface area contributed by atoms with Gasteiger partial charge in [0.15, 0.2) is 0 Å². The maximum absolute atomic E-state index is 12.5. The molecule has 0 saturated heterocycles. The van der Waals surface area contributed by atoms with Gasteiger partial charge in [0.25, 0.3) is 5.91 Å². The van der Waals surface area contributed by atoms with Crippen molar-refractivity contribution in [1.29, 1.82) is 0 Å². The number of amides is 1. The Labute approximate surface area is 150 Å². The van der Waals surface area contributed by atoms with E-state index in [0.717, 1.165) is 22.2 Å². The van der Waals surface area contributed by atoms with Gasteiger partial charge in [-0.15, -0.1) is 0 Å². The molecule has 0 atom stereocenters. The first-order chi connectivity index (χ1) is 12.7. The van der Waals surface area contributed by atoms with Crippen LogP contribution in [-0.4, -0.2) is 20.9 Å². The summed E-state index contributed by atoms with van der Waals surface area (Å²) in [4.78, 5) is 24.3. The molecule has 0 radical (unpaired) electrons. The van der Waals surface area contributed by atoms with E-state index in [-0.39, 0.29) is 5.91 Å². The average molecular weight is 343 g/mol. The second-order valence-corrected chi connectivity index (χ2v) is 5.97. The van der Waals surface area contributed by atoms with Crippen molar-refractivity contribution in [3.05, 3.63) is 78.4 Å². The number of hydrogen-bond acceptors (Lipinski definition) is 4. The number of nitrogens with zero attached hydrogens (tertiary/aromatic N) is 2. The van der Waals surface area contributed by atoms with Crippen LogP contribution in [0.2, 0.25) is 0 Å². The lowest BCUT2D eigenvalue weighted by molar-refractivity contribution is 0.0949. The van der Waals surface area contributed by atoms with Crippen LogP contribution in [0.15, 0.2) is 67.0 Å². The van der Waals surface area contributed by atoms with Crippen LogP contribution < -0.4 is 11.1 Å². The molecular formula is C20H17N5O. The van der Waals surface area contributed by atoms with E-state index in [2.05, 4.69) is 20.3 Å². The number of imidazole rings is 1. The van der Waals surface area contributed by atoms with E-state index in [4.69, 9.17) is 5.73 Å². The van der Waals surface area contributed by atoms with Crippen LogP contribution in [-0.2, 0) is 6.54 Å².